The van der Waals surface area contributed by atoms with E-state index in [2.05, 4.69) is 0 Å². The SMILES string of the molecule is C[C@H]1OS(=O)(=O)N(C(=O)OC(C)(C)C)[C@@H]1c1ccccc1. The Balaban J connectivity index is 2.40. The van der Waals surface area contributed by atoms with E-state index in [1.807, 2.05) is 6.07 Å². The maximum absolute atomic E-state index is 12.3. The number of carbonyl (C=O) groups excluding carboxylic acids is 1. The molecule has 1 aromatic rings. The standard InChI is InChI=1S/C14H19NO5S/c1-10-12(11-8-6-5-7-9-11)15(21(17,18)20-10)13(16)19-14(2,3)4/h5-10,12H,1-4H3/t10-,12+/m1/s1. The van der Waals surface area contributed by atoms with E-state index in [1.165, 1.54) is 0 Å². The van der Waals surface area contributed by atoms with Gasteiger partial charge in [-0.2, -0.15) is 12.7 Å². The van der Waals surface area contributed by atoms with Gasteiger partial charge in [0.25, 0.3) is 0 Å². The van der Waals surface area contributed by atoms with E-state index >= 15 is 0 Å². The van der Waals surface area contributed by atoms with Gasteiger partial charge >= 0.3 is 16.4 Å². The van der Waals surface area contributed by atoms with Crippen molar-refractivity contribution in [2.45, 2.75) is 45.4 Å². The molecule has 0 unspecified atom stereocenters. The first kappa shape index (κ1) is 15.8. The van der Waals surface area contributed by atoms with Crippen LogP contribution in [0.3, 0.4) is 0 Å². The number of ether oxygens (including phenoxy) is 1. The number of nitrogens with zero attached hydrogens (tertiary/aromatic N) is 1. The molecule has 1 fully saturated rings. The van der Waals surface area contributed by atoms with Gasteiger partial charge in [-0.1, -0.05) is 30.3 Å². The first-order chi connectivity index (χ1) is 9.62. The smallest absolute Gasteiger partial charge is 0.426 e. The Bertz CT molecular complexity index is 621. The molecule has 1 aliphatic rings. The molecule has 0 bridgehead atoms. The molecule has 1 amide bonds. The Kier molecular flexibility index (Phi) is 3.99. The minimum atomic E-state index is -4.15. The molecule has 2 atom stereocenters. The lowest BCUT2D eigenvalue weighted by molar-refractivity contribution is 0.0338. The van der Waals surface area contributed by atoms with Crippen LogP contribution in [-0.4, -0.2) is 30.5 Å². The highest BCUT2D eigenvalue weighted by Gasteiger charge is 2.49. The van der Waals surface area contributed by atoms with Crippen molar-refractivity contribution in [3.8, 4) is 0 Å². The lowest BCUT2D eigenvalue weighted by Gasteiger charge is -2.26. The molecule has 0 saturated carbocycles. The van der Waals surface area contributed by atoms with Crippen LogP contribution in [0.1, 0.15) is 39.3 Å². The molecular formula is C14H19NO5S. The maximum atomic E-state index is 12.3. The van der Waals surface area contributed by atoms with Crippen LogP contribution >= 0.6 is 0 Å². The van der Waals surface area contributed by atoms with E-state index in [9.17, 15) is 13.2 Å². The van der Waals surface area contributed by atoms with Crippen LogP contribution in [0.2, 0.25) is 0 Å². The summed E-state index contributed by atoms with van der Waals surface area (Å²) < 4.78 is 35.0. The highest BCUT2D eigenvalue weighted by atomic mass is 32.2. The summed E-state index contributed by atoms with van der Waals surface area (Å²) in [6.45, 7) is 6.64. The van der Waals surface area contributed by atoms with Gasteiger partial charge < -0.3 is 4.74 Å². The molecule has 0 aliphatic carbocycles. The Hall–Kier alpha value is -1.60. The minimum absolute atomic E-state index is 0.676. The highest BCUT2D eigenvalue weighted by molar-refractivity contribution is 7.85. The van der Waals surface area contributed by atoms with Crippen molar-refractivity contribution in [3.05, 3.63) is 35.9 Å². The van der Waals surface area contributed by atoms with Gasteiger partial charge in [0, 0.05) is 0 Å². The average molecular weight is 313 g/mol. The average Bonchev–Trinajstić information content (AvgIpc) is 2.57. The van der Waals surface area contributed by atoms with Crippen LogP contribution in [0.25, 0.3) is 0 Å². The van der Waals surface area contributed by atoms with Crippen LogP contribution in [0.4, 0.5) is 4.79 Å². The van der Waals surface area contributed by atoms with E-state index in [0.29, 0.717) is 9.87 Å². The quantitative estimate of drug-likeness (QED) is 0.797. The number of hydrogen-bond donors (Lipinski definition) is 0. The van der Waals surface area contributed by atoms with Gasteiger partial charge in [0.2, 0.25) is 0 Å². The lowest BCUT2D eigenvalue weighted by atomic mass is 10.0. The van der Waals surface area contributed by atoms with Gasteiger partial charge in [0.05, 0.1) is 0 Å². The third-order valence-electron chi connectivity index (χ3n) is 2.93. The number of hydrogen-bond acceptors (Lipinski definition) is 5. The fourth-order valence-electron chi connectivity index (χ4n) is 2.19. The largest absolute Gasteiger partial charge is 0.443 e. The van der Waals surface area contributed by atoms with E-state index < -0.39 is 34.1 Å². The second kappa shape index (κ2) is 5.31. The normalized spacial score (nSPS) is 24.9. The zero-order valence-electron chi connectivity index (χ0n) is 12.4. The zero-order chi connectivity index (χ0) is 15.8. The summed E-state index contributed by atoms with van der Waals surface area (Å²) in [6.07, 6.45) is -1.61. The van der Waals surface area contributed by atoms with Crippen LogP contribution in [0, 0.1) is 0 Å². The first-order valence-electron chi connectivity index (χ1n) is 6.62. The van der Waals surface area contributed by atoms with E-state index in [1.54, 1.807) is 52.0 Å². The van der Waals surface area contributed by atoms with Crippen LogP contribution in [-0.2, 0) is 19.2 Å². The van der Waals surface area contributed by atoms with Crippen LogP contribution in [0.5, 0.6) is 0 Å². The third-order valence-corrected chi connectivity index (χ3v) is 4.33. The number of carbonyl (C=O) groups is 1. The fourth-order valence-corrected chi connectivity index (χ4v) is 3.56. The topological polar surface area (TPSA) is 72.9 Å². The molecule has 2 rings (SSSR count). The Labute approximate surface area is 124 Å². The van der Waals surface area contributed by atoms with Crippen molar-refractivity contribution < 1.29 is 22.1 Å². The van der Waals surface area contributed by atoms with Gasteiger partial charge in [0.15, 0.2) is 0 Å². The van der Waals surface area contributed by atoms with Crippen molar-refractivity contribution in [2.75, 3.05) is 0 Å². The molecular weight excluding hydrogens is 294 g/mol. The first-order valence-corrected chi connectivity index (χ1v) is 7.99. The Morgan fingerprint density at radius 3 is 2.33 bits per heavy atom. The molecule has 0 radical (unpaired) electrons. The molecule has 116 valence electrons. The molecule has 1 aliphatic heterocycles. The molecule has 1 saturated heterocycles. The lowest BCUT2D eigenvalue weighted by Crippen LogP contribution is -2.39. The number of benzene rings is 1. The zero-order valence-corrected chi connectivity index (χ0v) is 13.3. The van der Waals surface area contributed by atoms with E-state index in [-0.39, 0.29) is 0 Å². The number of amides is 1. The van der Waals surface area contributed by atoms with Gasteiger partial charge in [-0.05, 0) is 33.3 Å². The summed E-state index contributed by atoms with van der Waals surface area (Å²) in [7, 11) is -4.15. The molecule has 0 N–H and O–H groups in total. The van der Waals surface area contributed by atoms with Gasteiger partial charge in [-0.15, -0.1) is 0 Å². The summed E-state index contributed by atoms with van der Waals surface area (Å²) >= 11 is 0. The molecule has 1 aromatic carbocycles. The monoisotopic (exact) mass is 313 g/mol. The molecule has 1 heterocycles. The van der Waals surface area contributed by atoms with E-state index in [0.717, 1.165) is 0 Å². The summed E-state index contributed by atoms with van der Waals surface area (Å²) in [5, 5.41) is 0. The van der Waals surface area contributed by atoms with Crippen LogP contribution in [0.15, 0.2) is 30.3 Å². The Morgan fingerprint density at radius 2 is 1.81 bits per heavy atom. The summed E-state index contributed by atoms with van der Waals surface area (Å²) in [5.74, 6) is 0. The van der Waals surface area contributed by atoms with Gasteiger partial charge in [0.1, 0.15) is 17.7 Å². The van der Waals surface area contributed by atoms with Gasteiger partial charge in [-0.3, -0.25) is 0 Å². The van der Waals surface area contributed by atoms with Gasteiger partial charge in [-0.25, -0.2) is 8.98 Å². The maximum Gasteiger partial charge on any atom is 0.426 e. The third kappa shape index (κ3) is 3.36. The van der Waals surface area contributed by atoms with Crippen molar-refractivity contribution in [3.63, 3.8) is 0 Å². The predicted molar refractivity (Wildman–Crippen MR) is 76.7 cm³/mol. The Morgan fingerprint density at radius 1 is 1.24 bits per heavy atom. The van der Waals surface area contributed by atoms with Crippen molar-refractivity contribution in [1.82, 2.24) is 4.31 Å². The van der Waals surface area contributed by atoms with E-state index in [4.69, 9.17) is 8.92 Å². The minimum Gasteiger partial charge on any atom is -0.443 e. The highest BCUT2D eigenvalue weighted by Crippen LogP contribution is 2.37. The summed E-state index contributed by atoms with van der Waals surface area (Å²) in [6, 6.07) is 8.15. The second-order valence-electron chi connectivity index (χ2n) is 5.89. The molecule has 7 heteroatoms. The predicted octanol–water partition coefficient (Wildman–Crippen LogP) is 2.63. The van der Waals surface area contributed by atoms with Crippen molar-refractivity contribution >= 4 is 16.4 Å². The molecule has 0 aromatic heterocycles. The summed E-state index contributed by atoms with van der Waals surface area (Å²) in [5.41, 5.74) is -0.114. The van der Waals surface area contributed by atoms with Crippen molar-refractivity contribution in [1.29, 1.82) is 0 Å². The molecule has 21 heavy (non-hydrogen) atoms. The van der Waals surface area contributed by atoms with Crippen LogP contribution < -0.4 is 0 Å². The summed E-state index contributed by atoms with van der Waals surface area (Å²) in [4.78, 5) is 12.3. The van der Waals surface area contributed by atoms with Crippen molar-refractivity contribution in [2.24, 2.45) is 0 Å². The molecule has 0 spiro atoms. The molecule has 6 nitrogen and oxygen atoms in total. The second-order valence-corrected chi connectivity index (χ2v) is 7.33. The number of rotatable bonds is 1. The fraction of sp³-hybridized carbons (Fsp3) is 0.500.